The number of benzene rings is 1. The Kier molecular flexibility index (Phi) is 4.48. The van der Waals surface area contributed by atoms with E-state index >= 15 is 0 Å². The Balaban J connectivity index is 1.91. The van der Waals surface area contributed by atoms with Crippen LogP contribution in [0.3, 0.4) is 0 Å². The average Bonchev–Trinajstić information content (AvgIpc) is 2.80. The van der Waals surface area contributed by atoms with E-state index in [2.05, 4.69) is 25.6 Å². The van der Waals surface area contributed by atoms with Crippen molar-refractivity contribution in [2.24, 2.45) is 5.10 Å². The number of fused-ring (bicyclic) bond motifs is 1. The molecule has 2 amide bonds. The van der Waals surface area contributed by atoms with Gasteiger partial charge >= 0.3 is 6.03 Å². The smallest absolute Gasteiger partial charge is 0.335 e. The molecule has 0 bridgehead atoms. The highest BCUT2D eigenvalue weighted by Crippen LogP contribution is 2.08. The summed E-state index contributed by atoms with van der Waals surface area (Å²) in [6.45, 7) is 2.66. The van der Waals surface area contributed by atoms with Crippen LogP contribution in [0.5, 0.6) is 0 Å². The third kappa shape index (κ3) is 3.44. The van der Waals surface area contributed by atoms with Gasteiger partial charge < -0.3 is 10.5 Å². The third-order valence-corrected chi connectivity index (χ3v) is 2.61. The lowest BCUT2D eigenvalue weighted by atomic mass is 10.2. The van der Waals surface area contributed by atoms with Gasteiger partial charge in [-0.05, 0) is 29.0 Å². The number of nitrogens with one attached hydrogen (secondary N) is 2. The summed E-state index contributed by atoms with van der Waals surface area (Å²) in [4.78, 5) is 11.6. The van der Waals surface area contributed by atoms with Crippen LogP contribution in [0, 0.1) is 5.21 Å². The molecule has 0 unspecified atom stereocenters. The van der Waals surface area contributed by atoms with Crippen molar-refractivity contribution in [1.82, 2.24) is 15.9 Å². The summed E-state index contributed by atoms with van der Waals surface area (Å²) in [5, 5.41) is 21.2. The molecule has 0 atom stereocenters. The summed E-state index contributed by atoms with van der Waals surface area (Å²) in [6.07, 6.45) is 3.40. The minimum Gasteiger partial charge on any atom is -0.359 e. The topological polar surface area (TPSA) is 106 Å². The zero-order chi connectivity index (χ0) is 14.4. The van der Waals surface area contributed by atoms with E-state index in [1.54, 1.807) is 18.2 Å². The highest BCUT2D eigenvalue weighted by Gasteiger charge is 2.08. The largest absolute Gasteiger partial charge is 0.359 e. The first-order chi connectivity index (χ1) is 9.70. The van der Waals surface area contributed by atoms with Gasteiger partial charge in [-0.25, -0.2) is 10.2 Å². The summed E-state index contributed by atoms with van der Waals surface area (Å²) in [5.41, 5.74) is 3.81. The van der Waals surface area contributed by atoms with Crippen molar-refractivity contribution in [1.29, 1.82) is 0 Å². The molecule has 0 saturated heterocycles. The van der Waals surface area contributed by atoms with E-state index in [0.29, 0.717) is 28.0 Å². The third-order valence-electron chi connectivity index (χ3n) is 2.61. The molecule has 0 fully saturated rings. The Morgan fingerprint density at radius 2 is 2.45 bits per heavy atom. The molecule has 0 radical (unpaired) electrons. The zero-order valence-electron chi connectivity index (χ0n) is 11.0. The van der Waals surface area contributed by atoms with Crippen molar-refractivity contribution >= 4 is 23.3 Å². The van der Waals surface area contributed by atoms with Crippen molar-refractivity contribution in [2.45, 2.75) is 19.8 Å². The van der Waals surface area contributed by atoms with E-state index < -0.39 is 0 Å². The predicted octanol–water partition coefficient (Wildman–Crippen LogP) is 0.894. The van der Waals surface area contributed by atoms with E-state index in [1.165, 1.54) is 6.21 Å². The van der Waals surface area contributed by atoms with E-state index in [4.69, 9.17) is 0 Å². The monoisotopic (exact) mass is 277 g/mol. The molecule has 0 aliphatic rings. The normalized spacial score (nSPS) is 11.1. The van der Waals surface area contributed by atoms with Crippen LogP contribution in [0.15, 0.2) is 27.9 Å². The van der Waals surface area contributed by atoms with Gasteiger partial charge in [0.05, 0.1) is 6.21 Å². The number of hydrogen-bond donors (Lipinski definition) is 2. The maximum absolute atomic E-state index is 11.3. The van der Waals surface area contributed by atoms with Gasteiger partial charge in [-0.15, -0.1) is 0 Å². The molecular formula is C12H15N5O3. The summed E-state index contributed by atoms with van der Waals surface area (Å²) >= 11 is 0. The van der Waals surface area contributed by atoms with Gasteiger partial charge in [-0.2, -0.15) is 5.10 Å². The van der Waals surface area contributed by atoms with Crippen LogP contribution >= 0.6 is 0 Å². The van der Waals surface area contributed by atoms with Crippen molar-refractivity contribution in [3.63, 3.8) is 0 Å². The first kappa shape index (κ1) is 13.8. The van der Waals surface area contributed by atoms with Gasteiger partial charge in [0.15, 0.2) is 0 Å². The highest BCUT2D eigenvalue weighted by molar-refractivity contribution is 5.86. The minimum absolute atomic E-state index is 0.329. The molecule has 8 heteroatoms. The molecule has 0 spiro atoms. The lowest BCUT2D eigenvalue weighted by molar-refractivity contribution is -0.782. The molecule has 20 heavy (non-hydrogen) atoms. The second-order valence-corrected chi connectivity index (χ2v) is 4.16. The second kappa shape index (κ2) is 6.50. The van der Waals surface area contributed by atoms with Crippen LogP contribution in [0.1, 0.15) is 25.3 Å². The van der Waals surface area contributed by atoms with E-state index in [9.17, 15) is 10.0 Å². The van der Waals surface area contributed by atoms with Crippen LogP contribution < -0.4 is 15.6 Å². The number of carbonyl (C=O) groups excluding carboxylic acids is 1. The maximum Gasteiger partial charge on any atom is 0.335 e. The predicted molar refractivity (Wildman–Crippen MR) is 72.0 cm³/mol. The van der Waals surface area contributed by atoms with E-state index in [-0.39, 0.29) is 6.03 Å². The molecular weight excluding hydrogens is 262 g/mol. The van der Waals surface area contributed by atoms with Crippen molar-refractivity contribution < 1.29 is 14.3 Å². The van der Waals surface area contributed by atoms with Crippen molar-refractivity contribution in [3.05, 3.63) is 29.0 Å². The molecule has 2 rings (SSSR count). The second-order valence-electron chi connectivity index (χ2n) is 4.16. The Hall–Kier alpha value is -2.64. The minimum atomic E-state index is -0.352. The quantitative estimate of drug-likeness (QED) is 0.366. The lowest BCUT2D eigenvalue weighted by Gasteiger charge is -2.01. The zero-order valence-corrected chi connectivity index (χ0v) is 11.0. The molecule has 1 heterocycles. The van der Waals surface area contributed by atoms with Gasteiger partial charge in [0.2, 0.25) is 11.0 Å². The molecule has 0 aliphatic heterocycles. The van der Waals surface area contributed by atoms with Gasteiger partial charge in [-0.1, -0.05) is 13.3 Å². The number of rotatable bonds is 5. The number of aromatic nitrogens is 2. The van der Waals surface area contributed by atoms with E-state index in [1.807, 2.05) is 6.92 Å². The van der Waals surface area contributed by atoms with Crippen LogP contribution in [0.4, 0.5) is 4.79 Å². The first-order valence-electron chi connectivity index (χ1n) is 6.27. The van der Waals surface area contributed by atoms with Crippen LogP contribution in [0.25, 0.3) is 11.0 Å². The molecule has 2 N–H and O–H groups in total. The fraction of sp³-hybridized carbons (Fsp3) is 0.333. The molecule has 0 aliphatic carbocycles. The Bertz CT molecular complexity index is 623. The van der Waals surface area contributed by atoms with Crippen LogP contribution in [-0.4, -0.2) is 23.9 Å². The SMILES string of the molecule is CCCCNC(=O)N/N=C/c1ccc2c(c1)no[n+]2[O-]. The number of amides is 2. The summed E-state index contributed by atoms with van der Waals surface area (Å²) < 4.78 is 4.45. The number of hydrogen-bond acceptors (Lipinski definition) is 5. The maximum atomic E-state index is 11.3. The Labute approximate surface area is 115 Å². The highest BCUT2D eigenvalue weighted by atomic mass is 16.8. The number of urea groups is 1. The van der Waals surface area contributed by atoms with Gasteiger partial charge in [0.1, 0.15) is 0 Å². The number of unbranched alkanes of at least 4 members (excludes halogenated alkanes) is 1. The molecule has 1 aromatic carbocycles. The summed E-state index contributed by atoms with van der Waals surface area (Å²) in [6, 6.07) is 4.53. The summed E-state index contributed by atoms with van der Waals surface area (Å²) in [5.74, 6) is 0. The summed E-state index contributed by atoms with van der Waals surface area (Å²) in [7, 11) is 0. The standard InChI is InChI=1S/C12H15N5O3/c1-2-3-6-13-12(18)15-14-8-9-4-5-11-10(7-9)16-20-17(11)19/h4-5,7-8H,2-3,6H2,1H3,(H2,13,15,18)/b14-8+. The first-order valence-corrected chi connectivity index (χ1v) is 6.27. The van der Waals surface area contributed by atoms with Crippen molar-refractivity contribution in [3.8, 4) is 0 Å². The fourth-order valence-corrected chi connectivity index (χ4v) is 1.56. The number of hydrazone groups is 1. The Morgan fingerprint density at radius 3 is 3.25 bits per heavy atom. The molecule has 2 aromatic rings. The molecule has 106 valence electrons. The lowest BCUT2D eigenvalue weighted by Crippen LogP contribution is -2.32. The molecule has 1 aromatic heterocycles. The van der Waals surface area contributed by atoms with Crippen molar-refractivity contribution in [2.75, 3.05) is 6.54 Å². The van der Waals surface area contributed by atoms with Gasteiger partial charge in [0.25, 0.3) is 0 Å². The molecule has 8 nitrogen and oxygen atoms in total. The van der Waals surface area contributed by atoms with E-state index in [0.717, 1.165) is 12.8 Å². The average molecular weight is 277 g/mol. The van der Waals surface area contributed by atoms with Gasteiger partial charge in [0, 0.05) is 17.8 Å². The molecule has 0 saturated carbocycles. The number of carbonyl (C=O) groups is 1. The van der Waals surface area contributed by atoms with Gasteiger partial charge in [-0.3, -0.25) is 4.63 Å². The Morgan fingerprint density at radius 1 is 1.60 bits per heavy atom. The fourth-order valence-electron chi connectivity index (χ4n) is 1.56. The van der Waals surface area contributed by atoms with Crippen LogP contribution in [-0.2, 0) is 0 Å². The van der Waals surface area contributed by atoms with Crippen LogP contribution in [0.2, 0.25) is 0 Å². The number of nitrogens with zero attached hydrogens (tertiary/aromatic N) is 3.